The molecule has 1 amide bonds. The zero-order valence-corrected chi connectivity index (χ0v) is 9.88. The first-order valence-electron chi connectivity index (χ1n) is 4.81. The Morgan fingerprint density at radius 3 is 2.87 bits per heavy atom. The van der Waals surface area contributed by atoms with Gasteiger partial charge in [-0.1, -0.05) is 0 Å². The first kappa shape index (κ1) is 12.2. The Kier molecular flexibility index (Phi) is 4.74. The molecular weight excluding hydrogens is 210 g/mol. The Bertz CT molecular complexity index is 298. The number of carbonyl (C=O) groups is 1. The molecule has 3 N–H and O–H groups in total. The molecule has 0 radical (unpaired) electrons. The van der Waals surface area contributed by atoms with E-state index in [9.17, 15) is 4.79 Å². The van der Waals surface area contributed by atoms with Crippen LogP contribution in [0.1, 0.15) is 11.6 Å². The molecule has 1 aromatic rings. The van der Waals surface area contributed by atoms with Crippen molar-refractivity contribution in [3.63, 3.8) is 0 Å². The van der Waals surface area contributed by atoms with Gasteiger partial charge in [-0.2, -0.15) is 11.3 Å². The highest BCUT2D eigenvalue weighted by Gasteiger charge is 2.16. The molecule has 1 aromatic heterocycles. The Morgan fingerprint density at radius 2 is 2.40 bits per heavy atom. The van der Waals surface area contributed by atoms with Gasteiger partial charge in [0.2, 0.25) is 5.91 Å². The van der Waals surface area contributed by atoms with Crippen LogP contribution >= 0.6 is 11.3 Å². The van der Waals surface area contributed by atoms with Crippen LogP contribution in [-0.2, 0) is 4.79 Å². The van der Waals surface area contributed by atoms with Crippen LogP contribution < -0.4 is 11.1 Å². The molecule has 84 valence electrons. The Morgan fingerprint density at radius 1 is 1.67 bits per heavy atom. The summed E-state index contributed by atoms with van der Waals surface area (Å²) in [6.07, 6.45) is 0. The average molecular weight is 227 g/mol. The number of likely N-dealkylation sites (N-methyl/N-ethyl adjacent to an activating group) is 1. The lowest BCUT2D eigenvalue weighted by Crippen LogP contribution is -2.37. The molecule has 0 bridgehead atoms. The minimum atomic E-state index is -0.365. The Labute approximate surface area is 94.1 Å². The largest absolute Gasteiger partial charge is 0.368 e. The van der Waals surface area contributed by atoms with Crippen molar-refractivity contribution in [3.8, 4) is 0 Å². The van der Waals surface area contributed by atoms with Gasteiger partial charge in [-0.15, -0.1) is 0 Å². The van der Waals surface area contributed by atoms with Crippen molar-refractivity contribution in [2.75, 3.05) is 27.2 Å². The molecule has 0 fully saturated rings. The highest BCUT2D eigenvalue weighted by Crippen LogP contribution is 2.15. The zero-order valence-electron chi connectivity index (χ0n) is 9.06. The van der Waals surface area contributed by atoms with Gasteiger partial charge in [0.05, 0.1) is 0 Å². The van der Waals surface area contributed by atoms with Crippen LogP contribution in [0.5, 0.6) is 0 Å². The third-order valence-corrected chi connectivity index (χ3v) is 2.77. The number of amides is 1. The lowest BCUT2D eigenvalue weighted by Gasteiger charge is -2.16. The van der Waals surface area contributed by atoms with E-state index >= 15 is 0 Å². The molecule has 0 spiro atoms. The Balaban J connectivity index is 2.49. The summed E-state index contributed by atoms with van der Waals surface area (Å²) in [5.74, 6) is -0.327. The molecule has 1 unspecified atom stereocenters. The second-order valence-corrected chi connectivity index (χ2v) is 4.43. The highest BCUT2D eigenvalue weighted by atomic mass is 32.1. The topological polar surface area (TPSA) is 58.4 Å². The van der Waals surface area contributed by atoms with Gasteiger partial charge in [0.25, 0.3) is 0 Å². The minimum Gasteiger partial charge on any atom is -0.368 e. The number of nitrogens with one attached hydrogen (secondary N) is 1. The van der Waals surface area contributed by atoms with Gasteiger partial charge in [0.1, 0.15) is 6.04 Å². The maximum Gasteiger partial charge on any atom is 0.239 e. The van der Waals surface area contributed by atoms with Crippen molar-refractivity contribution in [2.24, 2.45) is 5.73 Å². The number of hydrogen-bond acceptors (Lipinski definition) is 4. The van der Waals surface area contributed by atoms with Crippen LogP contribution in [0, 0.1) is 0 Å². The summed E-state index contributed by atoms with van der Waals surface area (Å²) in [7, 11) is 3.98. The predicted molar refractivity (Wildman–Crippen MR) is 62.8 cm³/mol. The molecule has 0 saturated carbocycles. The molecule has 1 rings (SSSR count). The molecule has 0 aromatic carbocycles. The maximum absolute atomic E-state index is 11.2. The number of thiophene rings is 1. The van der Waals surface area contributed by atoms with E-state index in [0.29, 0.717) is 0 Å². The van der Waals surface area contributed by atoms with Gasteiger partial charge in [-0.3, -0.25) is 4.79 Å². The van der Waals surface area contributed by atoms with Crippen molar-refractivity contribution >= 4 is 17.2 Å². The number of hydrogen-bond donors (Lipinski definition) is 2. The van der Waals surface area contributed by atoms with E-state index in [-0.39, 0.29) is 11.9 Å². The summed E-state index contributed by atoms with van der Waals surface area (Å²) in [5.41, 5.74) is 6.28. The average Bonchev–Trinajstić information content (AvgIpc) is 2.63. The van der Waals surface area contributed by atoms with Crippen LogP contribution in [0.15, 0.2) is 16.8 Å². The van der Waals surface area contributed by atoms with Crippen molar-refractivity contribution in [3.05, 3.63) is 22.4 Å². The van der Waals surface area contributed by atoms with E-state index < -0.39 is 0 Å². The van der Waals surface area contributed by atoms with Crippen molar-refractivity contribution < 1.29 is 4.79 Å². The van der Waals surface area contributed by atoms with E-state index in [1.807, 2.05) is 30.9 Å². The highest BCUT2D eigenvalue weighted by molar-refractivity contribution is 7.08. The summed E-state index contributed by atoms with van der Waals surface area (Å²) in [5, 5.41) is 7.03. The fourth-order valence-electron chi connectivity index (χ4n) is 1.25. The third kappa shape index (κ3) is 3.99. The molecule has 1 heterocycles. The molecule has 0 aliphatic carbocycles. The lowest BCUT2D eigenvalue weighted by molar-refractivity contribution is -0.120. The number of rotatable bonds is 6. The van der Waals surface area contributed by atoms with E-state index in [1.54, 1.807) is 11.3 Å². The van der Waals surface area contributed by atoms with E-state index in [1.165, 1.54) is 0 Å². The minimum absolute atomic E-state index is 0.327. The summed E-state index contributed by atoms with van der Waals surface area (Å²) >= 11 is 1.57. The third-order valence-electron chi connectivity index (χ3n) is 2.07. The zero-order chi connectivity index (χ0) is 11.3. The van der Waals surface area contributed by atoms with E-state index in [2.05, 4.69) is 10.2 Å². The van der Waals surface area contributed by atoms with Gasteiger partial charge in [-0.05, 0) is 36.5 Å². The van der Waals surface area contributed by atoms with Gasteiger partial charge >= 0.3 is 0 Å². The summed E-state index contributed by atoms with van der Waals surface area (Å²) in [6, 6.07) is 1.55. The van der Waals surface area contributed by atoms with Crippen molar-refractivity contribution in [1.82, 2.24) is 10.2 Å². The maximum atomic E-state index is 11.2. The molecule has 1 atom stereocenters. The molecule has 0 aliphatic heterocycles. The van der Waals surface area contributed by atoms with Crippen molar-refractivity contribution in [1.29, 1.82) is 0 Å². The molecule has 15 heavy (non-hydrogen) atoms. The molecule has 4 nitrogen and oxygen atoms in total. The first-order chi connectivity index (χ1) is 7.11. The molecule has 0 aliphatic rings. The molecule has 5 heteroatoms. The summed E-state index contributed by atoms with van der Waals surface area (Å²) in [6.45, 7) is 1.63. The molecular formula is C10H17N3OS. The lowest BCUT2D eigenvalue weighted by atomic mass is 10.1. The van der Waals surface area contributed by atoms with Gasteiger partial charge in [0.15, 0.2) is 0 Å². The van der Waals surface area contributed by atoms with Gasteiger partial charge in [0, 0.05) is 13.1 Å². The smallest absolute Gasteiger partial charge is 0.239 e. The van der Waals surface area contributed by atoms with Crippen LogP contribution in [0.4, 0.5) is 0 Å². The second kappa shape index (κ2) is 5.85. The van der Waals surface area contributed by atoms with Crippen LogP contribution in [-0.4, -0.2) is 38.0 Å². The van der Waals surface area contributed by atoms with E-state index in [4.69, 9.17) is 5.73 Å². The Hall–Kier alpha value is -0.910. The SMILES string of the molecule is CN(C)CCNC(C(N)=O)c1ccsc1. The fourth-order valence-corrected chi connectivity index (χ4v) is 1.94. The van der Waals surface area contributed by atoms with Crippen molar-refractivity contribution in [2.45, 2.75) is 6.04 Å². The first-order valence-corrected chi connectivity index (χ1v) is 5.75. The van der Waals surface area contributed by atoms with Crippen LogP contribution in [0.25, 0.3) is 0 Å². The number of carbonyl (C=O) groups excluding carboxylic acids is 1. The quantitative estimate of drug-likeness (QED) is 0.741. The summed E-state index contributed by atoms with van der Waals surface area (Å²) in [4.78, 5) is 13.3. The van der Waals surface area contributed by atoms with Gasteiger partial charge < -0.3 is 16.0 Å². The van der Waals surface area contributed by atoms with E-state index in [0.717, 1.165) is 18.7 Å². The van der Waals surface area contributed by atoms with Crippen LogP contribution in [0.2, 0.25) is 0 Å². The van der Waals surface area contributed by atoms with Gasteiger partial charge in [-0.25, -0.2) is 0 Å². The standard InChI is InChI=1S/C10H17N3OS/c1-13(2)5-4-12-9(10(11)14)8-3-6-15-7-8/h3,6-7,9,12H,4-5H2,1-2H3,(H2,11,14). The molecule has 0 saturated heterocycles. The number of primary amides is 1. The monoisotopic (exact) mass is 227 g/mol. The predicted octanol–water partition coefficient (Wildman–Crippen LogP) is 0.426. The number of nitrogens with two attached hydrogens (primary N) is 1. The number of nitrogens with zero attached hydrogens (tertiary/aromatic N) is 1. The normalized spacial score (nSPS) is 13.0. The second-order valence-electron chi connectivity index (χ2n) is 3.65. The fraction of sp³-hybridized carbons (Fsp3) is 0.500. The van der Waals surface area contributed by atoms with Crippen LogP contribution in [0.3, 0.4) is 0 Å². The summed E-state index contributed by atoms with van der Waals surface area (Å²) < 4.78 is 0.